The Kier molecular flexibility index (Phi) is 8.15. The van der Waals surface area contributed by atoms with Gasteiger partial charge in [-0.15, -0.1) is 0 Å². The SMILES string of the molecule is COc1ccc(NC(=O)COC(=O)[C@@H]2CC(=O)N(c3ccc(Oc4ccc(C)c(C)c4)cc3)C2)c(OC)c1. The molecule has 0 unspecified atom stereocenters. The topological polar surface area (TPSA) is 103 Å². The van der Waals surface area contributed by atoms with Crippen LogP contribution in [0.15, 0.2) is 60.7 Å². The van der Waals surface area contributed by atoms with E-state index in [1.807, 2.05) is 32.0 Å². The Morgan fingerprint density at radius 3 is 2.29 bits per heavy atom. The van der Waals surface area contributed by atoms with Gasteiger partial charge in [0.1, 0.15) is 23.0 Å². The van der Waals surface area contributed by atoms with Crippen LogP contribution in [-0.2, 0) is 19.1 Å². The van der Waals surface area contributed by atoms with Crippen molar-refractivity contribution in [2.45, 2.75) is 20.3 Å². The van der Waals surface area contributed by atoms with Crippen LogP contribution in [0.2, 0.25) is 0 Å². The number of benzene rings is 3. The molecule has 9 nitrogen and oxygen atoms in total. The second-order valence-electron chi connectivity index (χ2n) is 8.97. The number of carbonyl (C=O) groups is 3. The van der Waals surface area contributed by atoms with Gasteiger partial charge in [-0.2, -0.15) is 0 Å². The molecule has 0 saturated carbocycles. The third-order valence-corrected chi connectivity index (χ3v) is 6.35. The molecule has 0 aromatic heterocycles. The molecule has 1 fully saturated rings. The predicted octanol–water partition coefficient (Wildman–Crippen LogP) is 4.65. The van der Waals surface area contributed by atoms with Crippen LogP contribution < -0.4 is 24.4 Å². The van der Waals surface area contributed by atoms with E-state index in [1.165, 1.54) is 24.7 Å². The molecule has 3 aromatic rings. The molecule has 1 saturated heterocycles. The van der Waals surface area contributed by atoms with Gasteiger partial charge in [0.2, 0.25) is 5.91 Å². The minimum absolute atomic E-state index is 0.00759. The van der Waals surface area contributed by atoms with Gasteiger partial charge in [-0.05, 0) is 73.5 Å². The molecular weight excluding hydrogens is 488 g/mol. The predicted molar refractivity (Wildman–Crippen MR) is 142 cm³/mol. The van der Waals surface area contributed by atoms with E-state index in [9.17, 15) is 14.4 Å². The molecule has 1 aliphatic rings. The molecule has 3 aromatic carbocycles. The summed E-state index contributed by atoms with van der Waals surface area (Å²) in [5, 5.41) is 2.64. The van der Waals surface area contributed by atoms with Gasteiger partial charge in [0.15, 0.2) is 6.61 Å². The van der Waals surface area contributed by atoms with Gasteiger partial charge >= 0.3 is 5.97 Å². The van der Waals surface area contributed by atoms with Crippen molar-refractivity contribution in [1.29, 1.82) is 0 Å². The van der Waals surface area contributed by atoms with Crippen molar-refractivity contribution in [2.75, 3.05) is 37.6 Å². The summed E-state index contributed by atoms with van der Waals surface area (Å²) in [6, 6.07) is 17.9. The number of rotatable bonds is 9. The zero-order valence-electron chi connectivity index (χ0n) is 21.8. The molecule has 1 N–H and O–H groups in total. The fourth-order valence-electron chi connectivity index (χ4n) is 4.07. The normalized spacial score (nSPS) is 14.7. The molecule has 1 aliphatic heterocycles. The number of hydrogen-bond donors (Lipinski definition) is 1. The van der Waals surface area contributed by atoms with Crippen LogP contribution in [0, 0.1) is 19.8 Å². The van der Waals surface area contributed by atoms with Crippen molar-refractivity contribution in [2.24, 2.45) is 5.92 Å². The quantitative estimate of drug-likeness (QED) is 0.412. The van der Waals surface area contributed by atoms with Crippen molar-refractivity contribution in [1.82, 2.24) is 0 Å². The number of anilines is 2. The maximum atomic E-state index is 12.6. The fraction of sp³-hybridized carbons (Fsp3) is 0.276. The lowest BCUT2D eigenvalue weighted by atomic mass is 10.1. The Hall–Kier alpha value is -4.53. The minimum Gasteiger partial charge on any atom is -0.497 e. The highest BCUT2D eigenvalue weighted by molar-refractivity contribution is 6.00. The molecule has 2 amide bonds. The lowest BCUT2D eigenvalue weighted by molar-refractivity contribution is -0.151. The van der Waals surface area contributed by atoms with E-state index in [0.717, 1.165) is 11.3 Å². The van der Waals surface area contributed by atoms with Crippen molar-refractivity contribution >= 4 is 29.2 Å². The standard InChI is InChI=1S/C29H30N2O7/c1-18-5-8-24(13-19(18)2)38-22-9-6-21(7-10-22)31-16-20(14-28(31)33)29(34)37-17-27(32)30-25-12-11-23(35-3)15-26(25)36-4/h5-13,15,20H,14,16-17H2,1-4H3,(H,30,32)/t20-/m1/s1. The van der Waals surface area contributed by atoms with Crippen LogP contribution >= 0.6 is 0 Å². The minimum atomic E-state index is -0.669. The molecule has 0 spiro atoms. The zero-order chi connectivity index (χ0) is 27.2. The number of amides is 2. The van der Waals surface area contributed by atoms with E-state index in [2.05, 4.69) is 5.32 Å². The first-order valence-corrected chi connectivity index (χ1v) is 12.1. The summed E-state index contributed by atoms with van der Waals surface area (Å²) >= 11 is 0. The molecule has 1 atom stereocenters. The van der Waals surface area contributed by atoms with Crippen molar-refractivity contribution < 1.29 is 33.3 Å². The number of nitrogens with zero attached hydrogens (tertiary/aromatic N) is 1. The second kappa shape index (κ2) is 11.7. The molecular formula is C29H30N2O7. The summed E-state index contributed by atoms with van der Waals surface area (Å²) in [7, 11) is 3.00. The highest BCUT2D eigenvalue weighted by Gasteiger charge is 2.36. The number of nitrogens with one attached hydrogen (secondary N) is 1. The van der Waals surface area contributed by atoms with Crippen LogP contribution in [-0.4, -0.2) is 45.2 Å². The Labute approximate surface area is 221 Å². The summed E-state index contributed by atoms with van der Waals surface area (Å²) in [5.41, 5.74) is 3.40. The number of esters is 1. The highest BCUT2D eigenvalue weighted by atomic mass is 16.5. The van der Waals surface area contributed by atoms with Crippen LogP contribution in [0.3, 0.4) is 0 Å². The van der Waals surface area contributed by atoms with Crippen molar-refractivity contribution in [3.63, 3.8) is 0 Å². The van der Waals surface area contributed by atoms with E-state index in [0.29, 0.717) is 28.6 Å². The molecule has 4 rings (SSSR count). The van der Waals surface area contributed by atoms with Gasteiger partial charge < -0.3 is 29.2 Å². The van der Waals surface area contributed by atoms with Gasteiger partial charge in [-0.3, -0.25) is 14.4 Å². The average molecular weight is 519 g/mol. The Balaban J connectivity index is 1.30. The van der Waals surface area contributed by atoms with Gasteiger partial charge in [-0.25, -0.2) is 0 Å². The Morgan fingerprint density at radius 2 is 1.61 bits per heavy atom. The second-order valence-corrected chi connectivity index (χ2v) is 8.97. The Morgan fingerprint density at radius 1 is 0.895 bits per heavy atom. The molecule has 0 bridgehead atoms. The third kappa shape index (κ3) is 6.23. The van der Waals surface area contributed by atoms with Gasteiger partial charge in [0, 0.05) is 24.7 Å². The van der Waals surface area contributed by atoms with E-state index in [4.69, 9.17) is 18.9 Å². The first-order valence-electron chi connectivity index (χ1n) is 12.1. The zero-order valence-corrected chi connectivity index (χ0v) is 21.8. The van der Waals surface area contributed by atoms with E-state index < -0.39 is 24.4 Å². The van der Waals surface area contributed by atoms with Gasteiger partial charge in [0.25, 0.3) is 5.91 Å². The summed E-state index contributed by atoms with van der Waals surface area (Å²) in [5.74, 6) is 0.362. The number of carbonyl (C=O) groups excluding carboxylic acids is 3. The van der Waals surface area contributed by atoms with Gasteiger partial charge in [-0.1, -0.05) is 6.07 Å². The van der Waals surface area contributed by atoms with E-state index >= 15 is 0 Å². The van der Waals surface area contributed by atoms with Crippen LogP contribution in [0.4, 0.5) is 11.4 Å². The lowest BCUT2D eigenvalue weighted by Crippen LogP contribution is -2.28. The number of methoxy groups -OCH3 is 2. The monoisotopic (exact) mass is 518 g/mol. The summed E-state index contributed by atoms with van der Waals surface area (Å²) < 4.78 is 21.5. The Bertz CT molecular complexity index is 1340. The average Bonchev–Trinajstić information content (AvgIpc) is 3.31. The lowest BCUT2D eigenvalue weighted by Gasteiger charge is -2.17. The molecule has 9 heteroatoms. The van der Waals surface area contributed by atoms with Crippen molar-refractivity contribution in [3.05, 3.63) is 71.8 Å². The number of hydrogen-bond acceptors (Lipinski definition) is 7. The summed E-state index contributed by atoms with van der Waals surface area (Å²) in [6.07, 6.45) is 0.00759. The first-order chi connectivity index (χ1) is 18.3. The van der Waals surface area contributed by atoms with Crippen molar-refractivity contribution in [3.8, 4) is 23.0 Å². The third-order valence-electron chi connectivity index (χ3n) is 6.35. The largest absolute Gasteiger partial charge is 0.497 e. The van der Waals surface area contributed by atoms with Gasteiger partial charge in [0.05, 0.1) is 25.8 Å². The van der Waals surface area contributed by atoms with Crippen LogP contribution in [0.5, 0.6) is 23.0 Å². The van der Waals surface area contributed by atoms with Crippen LogP contribution in [0.1, 0.15) is 17.5 Å². The molecule has 0 aliphatic carbocycles. The highest BCUT2D eigenvalue weighted by Crippen LogP contribution is 2.31. The number of aryl methyl sites for hydroxylation is 2. The fourth-order valence-corrected chi connectivity index (χ4v) is 4.07. The summed E-state index contributed by atoms with van der Waals surface area (Å²) in [6.45, 7) is 3.75. The maximum absolute atomic E-state index is 12.6. The first kappa shape index (κ1) is 26.5. The maximum Gasteiger partial charge on any atom is 0.311 e. The number of ether oxygens (including phenoxy) is 4. The molecule has 1 heterocycles. The molecule has 38 heavy (non-hydrogen) atoms. The van der Waals surface area contributed by atoms with E-state index in [-0.39, 0.29) is 18.9 Å². The summed E-state index contributed by atoms with van der Waals surface area (Å²) in [4.78, 5) is 39.1. The molecule has 198 valence electrons. The van der Waals surface area contributed by atoms with E-state index in [1.54, 1.807) is 42.5 Å². The smallest absolute Gasteiger partial charge is 0.311 e. The van der Waals surface area contributed by atoms with Crippen LogP contribution in [0.25, 0.3) is 0 Å². The molecule has 0 radical (unpaired) electrons.